The fraction of sp³-hybridized carbons (Fsp3) is 0.263. The van der Waals surface area contributed by atoms with E-state index in [1.54, 1.807) is 24.5 Å². The lowest BCUT2D eigenvalue weighted by Crippen LogP contribution is -2.50. The van der Waals surface area contributed by atoms with Crippen LogP contribution in [0.2, 0.25) is 0 Å². The molecule has 3 aromatic rings. The second-order valence-electron chi connectivity index (χ2n) is 6.65. The van der Waals surface area contributed by atoms with E-state index in [0.717, 1.165) is 17.8 Å². The molecular weight excluding hydrogens is 371 g/mol. The van der Waals surface area contributed by atoms with Crippen LogP contribution < -0.4 is 10.5 Å². The van der Waals surface area contributed by atoms with Gasteiger partial charge in [-0.3, -0.25) is 9.78 Å². The van der Waals surface area contributed by atoms with Crippen molar-refractivity contribution in [3.8, 4) is 11.3 Å². The Balaban J connectivity index is 1.41. The van der Waals surface area contributed by atoms with Crippen molar-refractivity contribution in [3.63, 3.8) is 0 Å². The van der Waals surface area contributed by atoms with Gasteiger partial charge in [-0.15, -0.1) is 0 Å². The van der Waals surface area contributed by atoms with Gasteiger partial charge < -0.3 is 4.90 Å². The molecular formula is C19H16F3N5O. The molecule has 4 rings (SSSR count). The van der Waals surface area contributed by atoms with E-state index in [2.05, 4.69) is 15.1 Å². The van der Waals surface area contributed by atoms with Crippen molar-refractivity contribution in [2.24, 2.45) is 5.92 Å². The van der Waals surface area contributed by atoms with Crippen LogP contribution in [0.15, 0.2) is 59.8 Å². The van der Waals surface area contributed by atoms with Gasteiger partial charge in [-0.1, -0.05) is 0 Å². The molecule has 1 saturated heterocycles. The van der Waals surface area contributed by atoms with Gasteiger partial charge in [0.15, 0.2) is 0 Å². The maximum Gasteiger partial charge on any atom is 0.417 e. The van der Waals surface area contributed by atoms with Gasteiger partial charge in [0.1, 0.15) is 5.82 Å². The lowest BCUT2D eigenvalue weighted by Gasteiger charge is -2.40. The molecule has 0 unspecified atom stereocenters. The molecule has 144 valence electrons. The van der Waals surface area contributed by atoms with Crippen molar-refractivity contribution in [2.75, 3.05) is 18.0 Å². The highest BCUT2D eigenvalue weighted by Crippen LogP contribution is 2.30. The van der Waals surface area contributed by atoms with Crippen LogP contribution in [0.1, 0.15) is 5.56 Å². The minimum Gasteiger partial charge on any atom is -0.356 e. The Bertz CT molecular complexity index is 1010. The van der Waals surface area contributed by atoms with Crippen LogP contribution in [-0.4, -0.2) is 32.8 Å². The molecule has 0 radical (unpaired) electrons. The molecule has 0 atom stereocenters. The van der Waals surface area contributed by atoms with Crippen molar-refractivity contribution >= 4 is 5.82 Å². The lowest BCUT2D eigenvalue weighted by molar-refractivity contribution is -0.137. The first kappa shape index (κ1) is 18.1. The number of pyridine rings is 2. The van der Waals surface area contributed by atoms with E-state index in [0.29, 0.717) is 31.1 Å². The average molecular weight is 387 g/mol. The molecule has 6 nitrogen and oxygen atoms in total. The Hall–Kier alpha value is -3.23. The first-order chi connectivity index (χ1) is 13.4. The van der Waals surface area contributed by atoms with E-state index in [9.17, 15) is 18.0 Å². The second kappa shape index (κ2) is 7.06. The third-order valence-electron chi connectivity index (χ3n) is 4.61. The number of aromatic nitrogens is 4. The molecule has 3 aromatic heterocycles. The minimum atomic E-state index is -4.39. The molecule has 0 saturated carbocycles. The van der Waals surface area contributed by atoms with Gasteiger partial charge in [0.2, 0.25) is 0 Å². The largest absolute Gasteiger partial charge is 0.417 e. The van der Waals surface area contributed by atoms with Crippen LogP contribution in [0.3, 0.4) is 0 Å². The van der Waals surface area contributed by atoms with E-state index in [4.69, 9.17) is 0 Å². The van der Waals surface area contributed by atoms with Gasteiger partial charge in [-0.25, -0.2) is 9.67 Å². The van der Waals surface area contributed by atoms with Gasteiger partial charge in [0.25, 0.3) is 5.56 Å². The molecule has 1 aliphatic heterocycles. The maximum absolute atomic E-state index is 12.6. The molecule has 9 heteroatoms. The summed E-state index contributed by atoms with van der Waals surface area (Å²) in [4.78, 5) is 21.9. The number of rotatable bonds is 4. The van der Waals surface area contributed by atoms with Gasteiger partial charge in [0.05, 0.1) is 17.8 Å². The van der Waals surface area contributed by atoms with E-state index in [-0.39, 0.29) is 11.5 Å². The smallest absolute Gasteiger partial charge is 0.356 e. The van der Waals surface area contributed by atoms with Crippen molar-refractivity contribution < 1.29 is 13.2 Å². The fourth-order valence-electron chi connectivity index (χ4n) is 3.11. The summed E-state index contributed by atoms with van der Waals surface area (Å²) in [5.74, 6) is 0.659. The quantitative estimate of drug-likeness (QED) is 0.689. The summed E-state index contributed by atoms with van der Waals surface area (Å²) in [6, 6.07) is 9.20. The molecule has 1 aliphatic rings. The van der Waals surface area contributed by atoms with Crippen LogP contribution in [0.4, 0.5) is 19.0 Å². The van der Waals surface area contributed by atoms with Crippen LogP contribution in [0.25, 0.3) is 11.3 Å². The summed E-state index contributed by atoms with van der Waals surface area (Å²) in [5.41, 5.74) is 0.517. The van der Waals surface area contributed by atoms with E-state index >= 15 is 0 Å². The summed E-state index contributed by atoms with van der Waals surface area (Å²) in [6.45, 7) is 1.64. The number of nitrogens with zero attached hydrogens (tertiary/aromatic N) is 5. The molecule has 4 heterocycles. The summed E-state index contributed by atoms with van der Waals surface area (Å²) in [6.07, 6.45) is -0.211. The van der Waals surface area contributed by atoms with E-state index < -0.39 is 11.7 Å². The zero-order chi connectivity index (χ0) is 19.7. The Morgan fingerprint density at radius 3 is 2.54 bits per heavy atom. The fourth-order valence-corrected chi connectivity index (χ4v) is 3.11. The van der Waals surface area contributed by atoms with Crippen molar-refractivity contribution in [3.05, 3.63) is 70.9 Å². The predicted octanol–water partition coefficient (Wildman–Crippen LogP) is 2.86. The average Bonchev–Trinajstić information content (AvgIpc) is 2.66. The SMILES string of the molecule is O=c1ccc(-c2cccnc2)nn1CC1CN(c2ccc(C(F)(F)F)cn2)C1. The van der Waals surface area contributed by atoms with Crippen LogP contribution in [0, 0.1) is 5.92 Å². The molecule has 0 N–H and O–H groups in total. The second-order valence-corrected chi connectivity index (χ2v) is 6.65. The first-order valence-electron chi connectivity index (χ1n) is 8.67. The number of hydrogen-bond acceptors (Lipinski definition) is 5. The van der Waals surface area contributed by atoms with Crippen molar-refractivity contribution in [1.29, 1.82) is 0 Å². The Morgan fingerprint density at radius 2 is 1.89 bits per heavy atom. The topological polar surface area (TPSA) is 63.9 Å². The zero-order valence-corrected chi connectivity index (χ0v) is 14.7. The normalized spacial score (nSPS) is 14.8. The third-order valence-corrected chi connectivity index (χ3v) is 4.61. The summed E-state index contributed by atoms with van der Waals surface area (Å²) in [7, 11) is 0. The zero-order valence-electron chi connectivity index (χ0n) is 14.7. The molecule has 0 amide bonds. The van der Waals surface area contributed by atoms with Crippen LogP contribution in [-0.2, 0) is 12.7 Å². The number of hydrogen-bond donors (Lipinski definition) is 0. The van der Waals surface area contributed by atoms with E-state index in [1.165, 1.54) is 16.8 Å². The highest BCUT2D eigenvalue weighted by Gasteiger charge is 2.32. The highest BCUT2D eigenvalue weighted by atomic mass is 19.4. The third kappa shape index (κ3) is 3.73. The first-order valence-corrected chi connectivity index (χ1v) is 8.67. The lowest BCUT2D eigenvalue weighted by atomic mass is 10.00. The Labute approximate surface area is 158 Å². The Kier molecular flexibility index (Phi) is 4.58. The predicted molar refractivity (Wildman–Crippen MR) is 96.7 cm³/mol. The molecule has 28 heavy (non-hydrogen) atoms. The number of alkyl halides is 3. The van der Waals surface area contributed by atoms with Gasteiger partial charge >= 0.3 is 6.18 Å². The van der Waals surface area contributed by atoms with Crippen molar-refractivity contribution in [2.45, 2.75) is 12.7 Å². The Morgan fingerprint density at radius 1 is 1.07 bits per heavy atom. The van der Waals surface area contributed by atoms with Crippen molar-refractivity contribution in [1.82, 2.24) is 19.7 Å². The van der Waals surface area contributed by atoms with Gasteiger partial charge in [-0.2, -0.15) is 18.3 Å². The molecule has 0 bridgehead atoms. The monoisotopic (exact) mass is 387 g/mol. The van der Waals surface area contributed by atoms with Crippen LogP contribution >= 0.6 is 0 Å². The highest BCUT2D eigenvalue weighted by molar-refractivity contribution is 5.56. The molecule has 0 spiro atoms. The van der Waals surface area contributed by atoms with E-state index in [1.807, 2.05) is 11.0 Å². The minimum absolute atomic E-state index is 0.165. The van der Waals surface area contributed by atoms with Gasteiger partial charge in [0, 0.05) is 49.2 Å². The molecule has 0 aliphatic carbocycles. The summed E-state index contributed by atoms with van der Waals surface area (Å²) >= 11 is 0. The number of halogens is 3. The summed E-state index contributed by atoms with van der Waals surface area (Å²) < 4.78 is 39.3. The maximum atomic E-state index is 12.6. The number of anilines is 1. The standard InChI is InChI=1S/C19H16F3N5O/c20-19(21,22)15-3-5-17(24-9-15)26-10-13(11-26)12-27-18(28)6-4-16(25-27)14-2-1-7-23-8-14/h1-9,13H,10-12H2. The molecule has 1 fully saturated rings. The molecule has 0 aromatic carbocycles. The van der Waals surface area contributed by atoms with Gasteiger partial charge in [-0.05, 0) is 30.3 Å². The summed E-state index contributed by atoms with van der Waals surface area (Å²) in [5, 5.41) is 4.41. The van der Waals surface area contributed by atoms with Crippen LogP contribution in [0.5, 0.6) is 0 Å².